The lowest BCUT2D eigenvalue weighted by Gasteiger charge is -2.41. The first-order valence-electron chi connectivity index (χ1n) is 24.8. The Hall–Kier alpha value is -4.84. The molecule has 21 nitrogen and oxygen atoms in total. The molecular formula is C50H81N7O14S. The molecule has 1 unspecified atom stereocenters. The minimum atomic E-state index is -4.36. The molecule has 0 spiro atoms. The van der Waals surface area contributed by atoms with Crippen molar-refractivity contribution < 1.29 is 65.7 Å². The molecule has 22 heteroatoms. The summed E-state index contributed by atoms with van der Waals surface area (Å²) < 4.78 is 57.1. The molecule has 3 rings (SSSR count). The number of carbonyl (C=O) groups excluding carboxylic acids is 7. The fourth-order valence-corrected chi connectivity index (χ4v) is 10.2. The van der Waals surface area contributed by atoms with Gasteiger partial charge in [-0.05, 0) is 69.0 Å². The fourth-order valence-electron chi connectivity index (χ4n) is 9.15. The Bertz CT molecular complexity index is 2080. The average Bonchev–Trinajstić information content (AvgIpc) is 3.94. The highest BCUT2D eigenvalue weighted by atomic mass is 32.2. The number of carbonyl (C=O) groups is 7. The maximum atomic E-state index is 14.3. The van der Waals surface area contributed by atoms with Crippen LogP contribution in [-0.2, 0) is 67.3 Å². The molecular weight excluding hydrogens is 955 g/mol. The predicted molar refractivity (Wildman–Crippen MR) is 269 cm³/mol. The summed E-state index contributed by atoms with van der Waals surface area (Å²) in [6.45, 7) is 15.0. The predicted octanol–water partition coefficient (Wildman–Crippen LogP) is 2.44. The normalized spacial score (nSPS) is 18.0. The number of nitrogens with zero attached hydrogens (tertiary/aromatic N) is 4. The maximum absolute atomic E-state index is 14.3. The van der Waals surface area contributed by atoms with Gasteiger partial charge in [0.05, 0.1) is 100 Å². The van der Waals surface area contributed by atoms with Gasteiger partial charge in [0.2, 0.25) is 29.5 Å². The van der Waals surface area contributed by atoms with E-state index >= 15 is 0 Å². The molecule has 1 fully saturated rings. The van der Waals surface area contributed by atoms with E-state index in [1.807, 2.05) is 60.5 Å². The summed E-state index contributed by atoms with van der Waals surface area (Å²) >= 11 is 0. The highest BCUT2D eigenvalue weighted by Gasteiger charge is 2.43. The lowest BCUT2D eigenvalue weighted by Crippen LogP contribution is -2.59. The van der Waals surface area contributed by atoms with E-state index in [4.69, 9.17) is 23.7 Å². The van der Waals surface area contributed by atoms with Gasteiger partial charge in [-0.2, -0.15) is 0 Å². The number of methoxy groups -OCH3 is 2. The summed E-state index contributed by atoms with van der Waals surface area (Å²) in [6, 6.07) is 2.94. The van der Waals surface area contributed by atoms with Crippen LogP contribution in [0.1, 0.15) is 80.6 Å². The summed E-state index contributed by atoms with van der Waals surface area (Å²) in [5.41, 5.74) is 0.329. The molecule has 0 radical (unpaired) electrons. The van der Waals surface area contributed by atoms with Crippen molar-refractivity contribution >= 4 is 57.1 Å². The molecule has 1 saturated heterocycles. The zero-order chi connectivity index (χ0) is 53.9. The largest absolute Gasteiger partial charge is 0.379 e. The van der Waals surface area contributed by atoms with Crippen molar-refractivity contribution in [3.8, 4) is 0 Å². The first kappa shape index (κ1) is 61.5. The number of hydrogen-bond donors (Lipinski definition) is 3. The highest BCUT2D eigenvalue weighted by molar-refractivity contribution is 7.90. The van der Waals surface area contributed by atoms with Crippen LogP contribution in [0.25, 0.3) is 0 Å². The first-order valence-corrected chi connectivity index (χ1v) is 26.3. The summed E-state index contributed by atoms with van der Waals surface area (Å²) in [5, 5.41) is 5.69. The van der Waals surface area contributed by atoms with E-state index in [-0.39, 0.29) is 117 Å². The van der Waals surface area contributed by atoms with E-state index in [0.29, 0.717) is 31.5 Å². The van der Waals surface area contributed by atoms with Crippen LogP contribution in [-0.4, -0.2) is 194 Å². The van der Waals surface area contributed by atoms with Crippen LogP contribution < -0.4 is 15.4 Å². The summed E-state index contributed by atoms with van der Waals surface area (Å²) in [7, 11) is 3.89. The average molecular weight is 1040 g/mol. The van der Waals surface area contributed by atoms with Gasteiger partial charge in [0.15, 0.2) is 0 Å². The van der Waals surface area contributed by atoms with Gasteiger partial charge in [-0.15, -0.1) is 0 Å². The Morgan fingerprint density at radius 2 is 1.38 bits per heavy atom. The van der Waals surface area contributed by atoms with Crippen LogP contribution >= 0.6 is 0 Å². The van der Waals surface area contributed by atoms with Crippen LogP contribution in [0.5, 0.6) is 0 Å². The van der Waals surface area contributed by atoms with Crippen molar-refractivity contribution in [2.45, 2.75) is 122 Å². The zero-order valence-corrected chi connectivity index (χ0v) is 45.2. The summed E-state index contributed by atoms with van der Waals surface area (Å²) in [5.74, 6) is -4.09. The smallest absolute Gasteiger partial charge is 0.264 e. The number of benzene rings is 1. The van der Waals surface area contributed by atoms with E-state index in [1.54, 1.807) is 23.8 Å². The number of likely N-dealkylation sites (N-methyl/N-ethyl adjacent to an activating group) is 2. The van der Waals surface area contributed by atoms with Gasteiger partial charge in [0.1, 0.15) is 6.04 Å². The molecule has 72 heavy (non-hydrogen) atoms. The van der Waals surface area contributed by atoms with E-state index in [9.17, 15) is 42.0 Å². The van der Waals surface area contributed by atoms with Gasteiger partial charge in [0.25, 0.3) is 21.8 Å². The third-order valence-electron chi connectivity index (χ3n) is 13.2. The lowest BCUT2D eigenvalue weighted by molar-refractivity contribution is -0.148. The molecule has 0 aromatic heterocycles. The maximum Gasteiger partial charge on any atom is 0.264 e. The number of hydrogen-bond acceptors (Lipinski definition) is 15. The molecule has 8 atom stereocenters. The zero-order valence-electron chi connectivity index (χ0n) is 44.3. The second-order valence-corrected chi connectivity index (χ2v) is 20.9. The molecule has 0 aliphatic carbocycles. The first-order chi connectivity index (χ1) is 34.0. The number of rotatable bonds is 32. The van der Waals surface area contributed by atoms with Gasteiger partial charge in [0, 0.05) is 45.7 Å². The number of amides is 7. The Labute approximate surface area is 426 Å². The molecule has 1 aromatic rings. The van der Waals surface area contributed by atoms with Crippen molar-refractivity contribution in [2.75, 3.05) is 93.4 Å². The van der Waals surface area contributed by atoms with E-state index in [1.165, 1.54) is 50.6 Å². The minimum absolute atomic E-state index is 0.00183. The molecule has 3 N–H and O–H groups in total. The van der Waals surface area contributed by atoms with E-state index in [2.05, 4.69) is 15.4 Å². The number of nitrogens with one attached hydrogen (secondary N) is 3. The second-order valence-electron chi connectivity index (χ2n) is 19.3. The van der Waals surface area contributed by atoms with Gasteiger partial charge in [-0.1, -0.05) is 54.9 Å². The van der Waals surface area contributed by atoms with Crippen molar-refractivity contribution in [3.05, 3.63) is 36.4 Å². The Kier molecular flexibility index (Phi) is 25.4. The minimum Gasteiger partial charge on any atom is -0.379 e. The molecule has 7 amide bonds. The third kappa shape index (κ3) is 17.7. The van der Waals surface area contributed by atoms with Crippen molar-refractivity contribution in [2.24, 2.45) is 23.7 Å². The van der Waals surface area contributed by atoms with Crippen molar-refractivity contribution in [1.82, 2.24) is 29.6 Å². The molecule has 406 valence electrons. The number of sulfonamides is 1. The monoisotopic (exact) mass is 1040 g/mol. The Morgan fingerprint density at radius 1 is 0.792 bits per heavy atom. The van der Waals surface area contributed by atoms with Crippen LogP contribution in [0, 0.1) is 23.7 Å². The van der Waals surface area contributed by atoms with E-state index < -0.39 is 58.2 Å². The number of imide groups is 1. The lowest BCUT2D eigenvalue weighted by atomic mass is 9.89. The summed E-state index contributed by atoms with van der Waals surface area (Å²) in [6.07, 6.45) is 2.54. The molecule has 0 saturated carbocycles. The summed E-state index contributed by atoms with van der Waals surface area (Å²) in [4.78, 5) is 97.3. The van der Waals surface area contributed by atoms with Crippen LogP contribution in [0.4, 0.5) is 5.69 Å². The topological polar surface area (TPSA) is 249 Å². The molecule has 0 bridgehead atoms. The van der Waals surface area contributed by atoms with Crippen LogP contribution in [0.2, 0.25) is 0 Å². The van der Waals surface area contributed by atoms with Crippen LogP contribution in [0.3, 0.4) is 0 Å². The van der Waals surface area contributed by atoms with Gasteiger partial charge < -0.3 is 44.1 Å². The Balaban J connectivity index is 1.54. The molecule has 2 aliphatic rings. The van der Waals surface area contributed by atoms with Crippen LogP contribution in [0.15, 0.2) is 41.3 Å². The molecule has 2 aliphatic heterocycles. The van der Waals surface area contributed by atoms with E-state index in [0.717, 1.165) is 4.90 Å². The molecule has 1 aromatic carbocycles. The number of ether oxygens (including phenoxy) is 5. The fraction of sp³-hybridized carbons (Fsp3) is 0.700. The van der Waals surface area contributed by atoms with Gasteiger partial charge in [-0.3, -0.25) is 43.4 Å². The standard InChI is InChI=1S/C50H81N7O14S/c1-13-34(6)46(55(10)50(64)44(32(2)3)52-49(63)45(33(4)5)54(8)9)39(67-11)31-43(61)56-23-14-15-38(56)47(68-12)35(7)48(62)53-72(65,66)37-18-16-36(17-19-37)51-40(58)22-25-69-27-29-71-30-28-70-26-24-57-41(59)20-21-42(57)60/h16-21,32-35,38-39,44-47H,13-15,22-31H2,1-12H3,(H,51,58)(H,52,63)(H,53,62)/t34-,35+,38-,39+,44-,45?,46-,47+/m0/s1. The quantitative estimate of drug-likeness (QED) is 0.0693. The number of likely N-dealkylation sites (tertiary alicyclic amines) is 1. The molecule has 2 heterocycles. The van der Waals surface area contributed by atoms with Gasteiger partial charge in [-0.25, -0.2) is 13.1 Å². The third-order valence-corrected chi connectivity index (χ3v) is 14.6. The number of anilines is 1. The van der Waals surface area contributed by atoms with Gasteiger partial charge >= 0.3 is 0 Å². The highest BCUT2D eigenvalue weighted by Crippen LogP contribution is 2.30. The SMILES string of the molecule is CC[C@H](C)[C@@H]([C@@H](CC(=O)N1CCC[C@H]1[C@H](OC)[C@@H](C)C(=O)NS(=O)(=O)c1ccc(NC(=O)CCOCCOCCOCCN2C(=O)C=CC2=O)cc1)OC)N(C)C(=O)[C@@H](NC(=O)C(C(C)C)N(C)C)C(C)C. The van der Waals surface area contributed by atoms with Crippen molar-refractivity contribution in [1.29, 1.82) is 0 Å². The second kappa shape index (κ2) is 29.8. The van der Waals surface area contributed by atoms with Crippen molar-refractivity contribution in [3.63, 3.8) is 0 Å². The Morgan fingerprint density at radius 3 is 1.90 bits per heavy atom.